The second kappa shape index (κ2) is 7.76. The van der Waals surface area contributed by atoms with Crippen LogP contribution in [0.2, 0.25) is 0 Å². The fourth-order valence-electron chi connectivity index (χ4n) is 1.74. The Bertz CT molecular complexity index is 740. The van der Waals surface area contributed by atoms with Crippen molar-refractivity contribution in [3.05, 3.63) is 34.1 Å². The lowest BCUT2D eigenvalue weighted by Gasteiger charge is -2.19. The summed E-state index contributed by atoms with van der Waals surface area (Å²) >= 11 is 4.74. The van der Waals surface area contributed by atoms with E-state index in [0.717, 1.165) is 15.7 Å². The molecule has 0 saturated carbocycles. The number of alkyl carbamates (subject to hydrolysis) is 1. The van der Waals surface area contributed by atoms with Gasteiger partial charge in [-0.3, -0.25) is 4.79 Å². The third kappa shape index (κ3) is 5.93. The Kier molecular flexibility index (Phi) is 5.95. The molecule has 0 aliphatic carbocycles. The standard InChI is InChI=1S/C16H18BrN3O3S/c1-16(2,3)23-15(22)18-8-13(21)20-14-19-12(9-24-14)10-5-4-6-11(17)7-10/h4-7,9H,8H2,1-3H3,(H,18,22)(H,19,20,21). The van der Waals surface area contributed by atoms with Crippen LogP contribution in [0.15, 0.2) is 34.1 Å². The number of halogens is 1. The van der Waals surface area contributed by atoms with Gasteiger partial charge in [-0.15, -0.1) is 11.3 Å². The van der Waals surface area contributed by atoms with E-state index in [0.29, 0.717) is 5.13 Å². The summed E-state index contributed by atoms with van der Waals surface area (Å²) in [6.45, 7) is 5.09. The summed E-state index contributed by atoms with van der Waals surface area (Å²) in [6.07, 6.45) is -0.633. The highest BCUT2D eigenvalue weighted by molar-refractivity contribution is 9.10. The zero-order chi connectivity index (χ0) is 17.7. The first kappa shape index (κ1) is 18.4. The Balaban J connectivity index is 1.88. The van der Waals surface area contributed by atoms with Gasteiger partial charge in [-0.25, -0.2) is 9.78 Å². The predicted octanol–water partition coefficient (Wildman–Crippen LogP) is 4.04. The van der Waals surface area contributed by atoms with Gasteiger partial charge in [0.25, 0.3) is 0 Å². The molecular weight excluding hydrogens is 394 g/mol. The van der Waals surface area contributed by atoms with E-state index in [-0.39, 0.29) is 12.5 Å². The molecule has 0 atom stereocenters. The van der Waals surface area contributed by atoms with E-state index in [2.05, 4.69) is 31.5 Å². The Morgan fingerprint density at radius 1 is 1.33 bits per heavy atom. The summed E-state index contributed by atoms with van der Waals surface area (Å²) < 4.78 is 6.02. The van der Waals surface area contributed by atoms with Gasteiger partial charge in [0.05, 0.1) is 5.69 Å². The van der Waals surface area contributed by atoms with Crippen molar-refractivity contribution < 1.29 is 14.3 Å². The zero-order valence-electron chi connectivity index (χ0n) is 13.6. The van der Waals surface area contributed by atoms with Gasteiger partial charge in [-0.2, -0.15) is 0 Å². The average molecular weight is 412 g/mol. The van der Waals surface area contributed by atoms with Crippen LogP contribution in [0.1, 0.15) is 20.8 Å². The molecule has 0 aliphatic heterocycles. The molecule has 0 spiro atoms. The van der Waals surface area contributed by atoms with Crippen LogP contribution in [-0.2, 0) is 9.53 Å². The normalized spacial score (nSPS) is 11.0. The third-order valence-electron chi connectivity index (χ3n) is 2.66. The van der Waals surface area contributed by atoms with Crippen LogP contribution in [-0.4, -0.2) is 29.1 Å². The first-order chi connectivity index (χ1) is 11.2. The van der Waals surface area contributed by atoms with E-state index in [1.54, 1.807) is 20.8 Å². The minimum atomic E-state index is -0.633. The molecule has 0 unspecified atom stereocenters. The van der Waals surface area contributed by atoms with Gasteiger partial charge >= 0.3 is 6.09 Å². The minimum absolute atomic E-state index is 0.180. The molecule has 8 heteroatoms. The van der Waals surface area contributed by atoms with Gasteiger partial charge in [-0.1, -0.05) is 28.1 Å². The fraction of sp³-hybridized carbons (Fsp3) is 0.312. The van der Waals surface area contributed by atoms with E-state index in [1.165, 1.54) is 11.3 Å². The SMILES string of the molecule is CC(C)(C)OC(=O)NCC(=O)Nc1nc(-c2cccc(Br)c2)cs1. The van der Waals surface area contributed by atoms with Crippen LogP contribution in [0.25, 0.3) is 11.3 Å². The molecule has 0 bridgehead atoms. The second-order valence-corrected chi connectivity index (χ2v) is 7.73. The molecule has 24 heavy (non-hydrogen) atoms. The summed E-state index contributed by atoms with van der Waals surface area (Å²) in [5, 5.41) is 7.39. The van der Waals surface area contributed by atoms with Gasteiger partial charge in [-0.05, 0) is 32.9 Å². The van der Waals surface area contributed by atoms with E-state index in [1.807, 2.05) is 29.6 Å². The quantitative estimate of drug-likeness (QED) is 0.795. The highest BCUT2D eigenvalue weighted by Crippen LogP contribution is 2.26. The molecule has 0 aliphatic rings. The summed E-state index contributed by atoms with van der Waals surface area (Å²) in [4.78, 5) is 27.7. The first-order valence-corrected chi connectivity index (χ1v) is 8.88. The van der Waals surface area contributed by atoms with Gasteiger partial charge in [0.15, 0.2) is 5.13 Å². The summed E-state index contributed by atoms with van der Waals surface area (Å²) in [5.74, 6) is -0.365. The van der Waals surface area contributed by atoms with Gasteiger partial charge in [0.1, 0.15) is 12.1 Å². The first-order valence-electron chi connectivity index (χ1n) is 7.21. The van der Waals surface area contributed by atoms with Crippen LogP contribution in [0.3, 0.4) is 0 Å². The van der Waals surface area contributed by atoms with Gasteiger partial charge < -0.3 is 15.4 Å². The number of ether oxygens (including phenoxy) is 1. The maximum absolute atomic E-state index is 11.9. The Morgan fingerprint density at radius 3 is 2.75 bits per heavy atom. The number of carbonyl (C=O) groups excluding carboxylic acids is 2. The number of aromatic nitrogens is 1. The molecule has 2 amide bonds. The highest BCUT2D eigenvalue weighted by atomic mass is 79.9. The summed E-state index contributed by atoms with van der Waals surface area (Å²) in [5.41, 5.74) is 1.12. The van der Waals surface area contributed by atoms with Crippen molar-refractivity contribution in [1.82, 2.24) is 10.3 Å². The Labute approximate surface area is 152 Å². The van der Waals surface area contributed by atoms with Crippen LogP contribution in [0.4, 0.5) is 9.93 Å². The predicted molar refractivity (Wildman–Crippen MR) is 98.1 cm³/mol. The number of hydrogen-bond donors (Lipinski definition) is 2. The third-order valence-corrected chi connectivity index (χ3v) is 3.91. The van der Waals surface area contributed by atoms with E-state index < -0.39 is 11.7 Å². The molecule has 0 saturated heterocycles. The van der Waals surface area contributed by atoms with Crippen LogP contribution in [0.5, 0.6) is 0 Å². The number of hydrogen-bond acceptors (Lipinski definition) is 5. The molecule has 6 nitrogen and oxygen atoms in total. The minimum Gasteiger partial charge on any atom is -0.444 e. The highest BCUT2D eigenvalue weighted by Gasteiger charge is 2.17. The number of rotatable bonds is 4. The van der Waals surface area contributed by atoms with Crippen LogP contribution in [0, 0.1) is 0 Å². The lowest BCUT2D eigenvalue weighted by Crippen LogP contribution is -2.37. The van der Waals surface area contributed by atoms with Crippen molar-refractivity contribution >= 4 is 44.4 Å². The fourth-order valence-corrected chi connectivity index (χ4v) is 2.88. The lowest BCUT2D eigenvalue weighted by molar-refractivity contribution is -0.115. The number of amides is 2. The van der Waals surface area contributed by atoms with Crippen molar-refractivity contribution in [3.8, 4) is 11.3 Å². The molecule has 128 valence electrons. The average Bonchev–Trinajstić information content (AvgIpc) is 2.92. The van der Waals surface area contributed by atoms with Gasteiger partial charge in [0, 0.05) is 15.4 Å². The maximum atomic E-state index is 11.9. The Morgan fingerprint density at radius 2 is 2.08 bits per heavy atom. The molecular formula is C16H18BrN3O3S. The smallest absolute Gasteiger partial charge is 0.408 e. The monoisotopic (exact) mass is 411 g/mol. The number of thiazole rings is 1. The van der Waals surface area contributed by atoms with Crippen LogP contribution >= 0.6 is 27.3 Å². The second-order valence-electron chi connectivity index (χ2n) is 5.95. The van der Waals surface area contributed by atoms with Crippen molar-refractivity contribution in [3.63, 3.8) is 0 Å². The number of nitrogens with one attached hydrogen (secondary N) is 2. The molecule has 0 radical (unpaired) electrons. The number of benzene rings is 1. The molecule has 2 aromatic rings. The zero-order valence-corrected chi connectivity index (χ0v) is 16.0. The van der Waals surface area contributed by atoms with Crippen molar-refractivity contribution in [2.45, 2.75) is 26.4 Å². The van der Waals surface area contributed by atoms with Crippen molar-refractivity contribution in [2.24, 2.45) is 0 Å². The molecule has 1 heterocycles. The number of anilines is 1. The van der Waals surface area contributed by atoms with Crippen LogP contribution < -0.4 is 10.6 Å². The van der Waals surface area contributed by atoms with E-state index in [9.17, 15) is 9.59 Å². The largest absolute Gasteiger partial charge is 0.444 e. The van der Waals surface area contributed by atoms with E-state index in [4.69, 9.17) is 4.74 Å². The number of nitrogens with zero attached hydrogens (tertiary/aromatic N) is 1. The molecule has 0 fully saturated rings. The number of carbonyl (C=O) groups is 2. The molecule has 1 aromatic carbocycles. The topological polar surface area (TPSA) is 80.3 Å². The molecule has 2 N–H and O–H groups in total. The lowest BCUT2D eigenvalue weighted by atomic mass is 10.2. The van der Waals surface area contributed by atoms with Crippen molar-refractivity contribution in [2.75, 3.05) is 11.9 Å². The summed E-state index contributed by atoms with van der Waals surface area (Å²) in [7, 11) is 0. The van der Waals surface area contributed by atoms with E-state index >= 15 is 0 Å². The maximum Gasteiger partial charge on any atom is 0.408 e. The molecule has 1 aromatic heterocycles. The summed E-state index contributed by atoms with van der Waals surface area (Å²) in [6, 6.07) is 7.74. The molecule has 2 rings (SSSR count). The van der Waals surface area contributed by atoms with Gasteiger partial charge in [0.2, 0.25) is 5.91 Å². The van der Waals surface area contributed by atoms with Crippen molar-refractivity contribution in [1.29, 1.82) is 0 Å². The Hall–Kier alpha value is -1.93.